The molecule has 0 aliphatic heterocycles. The number of nitrogens with two attached hydrogens (primary N) is 1. The zero-order valence-electron chi connectivity index (χ0n) is 9.65. The highest BCUT2D eigenvalue weighted by Gasteiger charge is 2.05. The van der Waals surface area contributed by atoms with Crippen LogP contribution in [0.5, 0.6) is 0 Å². The van der Waals surface area contributed by atoms with Gasteiger partial charge in [0.1, 0.15) is 5.82 Å². The molecule has 0 aliphatic rings. The maximum absolute atomic E-state index is 13.1. The fourth-order valence-electron chi connectivity index (χ4n) is 1.94. The van der Waals surface area contributed by atoms with E-state index in [2.05, 4.69) is 9.97 Å². The van der Waals surface area contributed by atoms with E-state index in [0.717, 1.165) is 27.9 Å². The van der Waals surface area contributed by atoms with E-state index < -0.39 is 0 Å². The molecule has 0 bridgehead atoms. The lowest BCUT2D eigenvalue weighted by molar-refractivity contribution is 0.629. The molecule has 3 aromatic rings. The lowest BCUT2D eigenvalue weighted by atomic mass is 10.2. The lowest BCUT2D eigenvalue weighted by Crippen LogP contribution is -1.96. The van der Waals surface area contributed by atoms with Crippen molar-refractivity contribution in [3.05, 3.63) is 54.0 Å². The molecule has 18 heavy (non-hydrogen) atoms. The molecular formula is C14H12FN3. The number of pyridine rings is 1. The Morgan fingerprint density at radius 3 is 2.78 bits per heavy atom. The molecule has 0 atom stereocenters. The number of aromatic amines is 1. The van der Waals surface area contributed by atoms with Gasteiger partial charge in [0.05, 0.1) is 11.4 Å². The van der Waals surface area contributed by atoms with Gasteiger partial charge in [-0.05, 0) is 35.9 Å². The molecule has 3 rings (SSSR count). The monoisotopic (exact) mass is 241 g/mol. The quantitative estimate of drug-likeness (QED) is 0.724. The number of nitrogens with zero attached hydrogens (tertiary/aromatic N) is 1. The fourth-order valence-corrected chi connectivity index (χ4v) is 1.94. The van der Waals surface area contributed by atoms with Crippen molar-refractivity contribution in [2.45, 2.75) is 6.54 Å². The van der Waals surface area contributed by atoms with E-state index in [-0.39, 0.29) is 5.82 Å². The van der Waals surface area contributed by atoms with Crippen LogP contribution < -0.4 is 5.73 Å². The Bertz CT molecular complexity index is 686. The predicted molar refractivity (Wildman–Crippen MR) is 69.4 cm³/mol. The highest BCUT2D eigenvalue weighted by atomic mass is 19.1. The molecule has 0 aliphatic carbocycles. The third kappa shape index (κ3) is 1.87. The van der Waals surface area contributed by atoms with Gasteiger partial charge in [-0.1, -0.05) is 6.07 Å². The third-order valence-electron chi connectivity index (χ3n) is 2.92. The summed E-state index contributed by atoms with van der Waals surface area (Å²) in [4.78, 5) is 7.49. The van der Waals surface area contributed by atoms with E-state index >= 15 is 0 Å². The normalized spacial score (nSPS) is 11.0. The van der Waals surface area contributed by atoms with Crippen molar-refractivity contribution in [3.8, 4) is 11.4 Å². The largest absolute Gasteiger partial charge is 0.353 e. The van der Waals surface area contributed by atoms with Crippen molar-refractivity contribution in [1.82, 2.24) is 9.97 Å². The minimum atomic E-state index is -0.248. The molecule has 0 fully saturated rings. The van der Waals surface area contributed by atoms with Crippen molar-refractivity contribution in [3.63, 3.8) is 0 Å². The molecule has 90 valence electrons. The van der Waals surface area contributed by atoms with Gasteiger partial charge in [0, 0.05) is 23.6 Å². The molecule has 1 aromatic carbocycles. The van der Waals surface area contributed by atoms with Gasteiger partial charge in [0.25, 0.3) is 0 Å². The number of fused-ring (bicyclic) bond motifs is 1. The molecule has 0 saturated heterocycles. The van der Waals surface area contributed by atoms with Crippen molar-refractivity contribution in [2.75, 3.05) is 0 Å². The lowest BCUT2D eigenvalue weighted by Gasteiger charge is -1.98. The second-order valence-electron chi connectivity index (χ2n) is 4.17. The van der Waals surface area contributed by atoms with Gasteiger partial charge in [0.2, 0.25) is 0 Å². The van der Waals surface area contributed by atoms with E-state index in [1.54, 1.807) is 12.3 Å². The standard InChI is InChI=1S/C14H12FN3/c15-11-3-2-10-5-14(18-13(10)6-11)12-4-1-9(7-16)8-17-12/h1-6,8,18H,7,16H2. The topological polar surface area (TPSA) is 54.7 Å². The Morgan fingerprint density at radius 1 is 1.17 bits per heavy atom. The first-order chi connectivity index (χ1) is 8.76. The Labute approximate surface area is 103 Å². The van der Waals surface area contributed by atoms with Crippen LogP contribution in [0, 0.1) is 5.82 Å². The Balaban J connectivity index is 2.07. The minimum absolute atomic E-state index is 0.248. The van der Waals surface area contributed by atoms with Gasteiger partial charge in [0.15, 0.2) is 0 Å². The van der Waals surface area contributed by atoms with Crippen molar-refractivity contribution < 1.29 is 4.39 Å². The van der Waals surface area contributed by atoms with Crippen LogP contribution in [-0.2, 0) is 6.54 Å². The third-order valence-corrected chi connectivity index (χ3v) is 2.92. The van der Waals surface area contributed by atoms with Crippen molar-refractivity contribution in [2.24, 2.45) is 5.73 Å². The summed E-state index contributed by atoms with van der Waals surface area (Å²) in [7, 11) is 0. The summed E-state index contributed by atoms with van der Waals surface area (Å²) in [5.74, 6) is -0.248. The molecule has 4 heteroatoms. The zero-order valence-corrected chi connectivity index (χ0v) is 9.65. The number of hydrogen-bond donors (Lipinski definition) is 2. The summed E-state index contributed by atoms with van der Waals surface area (Å²) in [5, 5.41) is 0.969. The van der Waals surface area contributed by atoms with E-state index in [1.807, 2.05) is 18.2 Å². The SMILES string of the molecule is NCc1ccc(-c2cc3ccc(F)cc3[nH]2)nc1. The molecule has 0 unspecified atom stereocenters. The summed E-state index contributed by atoms with van der Waals surface area (Å²) in [6, 6.07) is 10.5. The summed E-state index contributed by atoms with van der Waals surface area (Å²) in [6.07, 6.45) is 1.75. The van der Waals surface area contributed by atoms with Gasteiger partial charge in [-0.3, -0.25) is 4.98 Å². The molecule has 3 nitrogen and oxygen atoms in total. The van der Waals surface area contributed by atoms with Crippen LogP contribution in [0.4, 0.5) is 4.39 Å². The average molecular weight is 241 g/mol. The van der Waals surface area contributed by atoms with Crippen molar-refractivity contribution >= 4 is 10.9 Å². The van der Waals surface area contributed by atoms with Crippen LogP contribution in [0.25, 0.3) is 22.3 Å². The van der Waals surface area contributed by atoms with E-state index in [1.165, 1.54) is 12.1 Å². The Morgan fingerprint density at radius 2 is 2.06 bits per heavy atom. The van der Waals surface area contributed by atoms with Gasteiger partial charge in [-0.25, -0.2) is 4.39 Å². The van der Waals surface area contributed by atoms with Gasteiger partial charge in [-0.2, -0.15) is 0 Å². The van der Waals surface area contributed by atoms with Crippen molar-refractivity contribution in [1.29, 1.82) is 0 Å². The maximum Gasteiger partial charge on any atom is 0.125 e. The van der Waals surface area contributed by atoms with Gasteiger partial charge >= 0.3 is 0 Å². The number of nitrogens with one attached hydrogen (secondary N) is 1. The summed E-state index contributed by atoms with van der Waals surface area (Å²) < 4.78 is 13.1. The number of H-pyrrole nitrogens is 1. The van der Waals surface area contributed by atoms with Crippen LogP contribution in [0.2, 0.25) is 0 Å². The molecule has 0 amide bonds. The first-order valence-electron chi connectivity index (χ1n) is 5.70. The van der Waals surface area contributed by atoms with E-state index in [0.29, 0.717) is 6.54 Å². The number of hydrogen-bond acceptors (Lipinski definition) is 2. The average Bonchev–Trinajstić information content (AvgIpc) is 2.81. The van der Waals surface area contributed by atoms with E-state index in [9.17, 15) is 4.39 Å². The maximum atomic E-state index is 13.1. The molecule has 0 radical (unpaired) electrons. The molecule has 0 saturated carbocycles. The van der Waals surface area contributed by atoms with Crippen LogP contribution >= 0.6 is 0 Å². The second kappa shape index (κ2) is 4.23. The molecular weight excluding hydrogens is 229 g/mol. The molecule has 3 N–H and O–H groups in total. The van der Waals surface area contributed by atoms with Crippen LogP contribution in [0.3, 0.4) is 0 Å². The molecule has 2 heterocycles. The van der Waals surface area contributed by atoms with Gasteiger partial charge in [-0.15, -0.1) is 0 Å². The smallest absolute Gasteiger partial charge is 0.125 e. The molecule has 2 aromatic heterocycles. The first kappa shape index (κ1) is 10.9. The summed E-state index contributed by atoms with van der Waals surface area (Å²) in [5.41, 5.74) is 8.98. The van der Waals surface area contributed by atoms with Crippen LogP contribution in [0.15, 0.2) is 42.6 Å². The zero-order chi connectivity index (χ0) is 12.5. The summed E-state index contributed by atoms with van der Waals surface area (Å²) in [6.45, 7) is 0.477. The summed E-state index contributed by atoms with van der Waals surface area (Å²) >= 11 is 0. The molecule has 0 spiro atoms. The van der Waals surface area contributed by atoms with Crippen LogP contribution in [0.1, 0.15) is 5.56 Å². The number of benzene rings is 1. The Hall–Kier alpha value is -2.20. The highest BCUT2D eigenvalue weighted by molar-refractivity contribution is 5.85. The van der Waals surface area contributed by atoms with Crippen LogP contribution in [-0.4, -0.2) is 9.97 Å². The Kier molecular flexibility index (Phi) is 2.57. The number of rotatable bonds is 2. The number of aromatic nitrogens is 2. The van der Waals surface area contributed by atoms with E-state index in [4.69, 9.17) is 5.73 Å². The predicted octanol–water partition coefficient (Wildman–Crippen LogP) is 2.83. The number of halogens is 1. The minimum Gasteiger partial charge on any atom is -0.353 e. The first-order valence-corrected chi connectivity index (χ1v) is 5.70. The second-order valence-corrected chi connectivity index (χ2v) is 4.17. The van der Waals surface area contributed by atoms with Gasteiger partial charge < -0.3 is 10.7 Å². The highest BCUT2D eigenvalue weighted by Crippen LogP contribution is 2.23. The fraction of sp³-hybridized carbons (Fsp3) is 0.0714.